The number of rotatable bonds is 8. The first-order chi connectivity index (χ1) is 17.0. The van der Waals surface area contributed by atoms with Gasteiger partial charge in [-0.25, -0.2) is 0 Å². The summed E-state index contributed by atoms with van der Waals surface area (Å²) in [4.78, 5) is 12.6. The van der Waals surface area contributed by atoms with Crippen molar-refractivity contribution in [1.82, 2.24) is 4.57 Å². The third kappa shape index (κ3) is 5.38. The molecule has 0 fully saturated rings. The molecule has 0 bridgehead atoms. The van der Waals surface area contributed by atoms with Gasteiger partial charge in [0.05, 0.1) is 21.3 Å². The predicted molar refractivity (Wildman–Crippen MR) is 142 cm³/mol. The van der Waals surface area contributed by atoms with E-state index < -0.39 is 0 Å². The van der Waals surface area contributed by atoms with Crippen LogP contribution < -0.4 is 19.5 Å². The van der Waals surface area contributed by atoms with Gasteiger partial charge in [0.1, 0.15) is 0 Å². The molecule has 0 saturated carbocycles. The van der Waals surface area contributed by atoms with E-state index in [-0.39, 0.29) is 5.91 Å². The van der Waals surface area contributed by atoms with Crippen molar-refractivity contribution in [3.05, 3.63) is 89.6 Å². The van der Waals surface area contributed by atoms with Gasteiger partial charge in [-0.2, -0.15) is 0 Å². The van der Waals surface area contributed by atoms with Crippen LogP contribution in [0, 0.1) is 0 Å². The number of ether oxygens (including phenoxy) is 3. The van der Waals surface area contributed by atoms with Gasteiger partial charge in [-0.05, 0) is 47.5 Å². The predicted octanol–water partition coefficient (Wildman–Crippen LogP) is 6.03. The van der Waals surface area contributed by atoms with Gasteiger partial charge in [0.15, 0.2) is 11.5 Å². The highest BCUT2D eigenvalue weighted by Gasteiger charge is 2.12. The fourth-order valence-electron chi connectivity index (χ4n) is 3.97. The highest BCUT2D eigenvalue weighted by molar-refractivity contribution is 6.03. The van der Waals surface area contributed by atoms with Gasteiger partial charge in [0.25, 0.3) is 0 Å². The Morgan fingerprint density at radius 1 is 0.829 bits per heavy atom. The van der Waals surface area contributed by atoms with E-state index >= 15 is 0 Å². The molecule has 4 rings (SSSR count). The maximum atomic E-state index is 12.6. The molecule has 1 aromatic heterocycles. The molecule has 1 amide bonds. The summed E-state index contributed by atoms with van der Waals surface area (Å²) in [6.07, 6.45) is 9.32. The Morgan fingerprint density at radius 2 is 1.54 bits per heavy atom. The number of carbonyl (C=O) groups excluding carboxylic acids is 1. The minimum Gasteiger partial charge on any atom is -0.493 e. The Balaban J connectivity index is 1.48. The van der Waals surface area contributed by atoms with E-state index in [0.29, 0.717) is 22.9 Å². The molecule has 1 heterocycles. The first-order valence-corrected chi connectivity index (χ1v) is 11.1. The second kappa shape index (κ2) is 10.7. The average molecular weight is 469 g/mol. The molecule has 0 aliphatic heterocycles. The minimum atomic E-state index is -0.191. The Morgan fingerprint density at radius 3 is 2.26 bits per heavy atom. The van der Waals surface area contributed by atoms with Gasteiger partial charge >= 0.3 is 0 Å². The average Bonchev–Trinajstić information content (AvgIpc) is 3.21. The SMILES string of the molecule is COc1cc(/C=C/c2cccc(NC(=O)/C=C/c3cn(C)c4ccccc34)c2)cc(OC)c1OC. The smallest absolute Gasteiger partial charge is 0.248 e. The van der Waals surface area contributed by atoms with Gasteiger partial charge in [0.2, 0.25) is 11.7 Å². The van der Waals surface area contributed by atoms with Crippen molar-refractivity contribution >= 4 is 40.7 Å². The molecule has 6 heteroatoms. The maximum absolute atomic E-state index is 12.6. The van der Waals surface area contributed by atoms with Gasteiger partial charge in [-0.3, -0.25) is 4.79 Å². The number of methoxy groups -OCH3 is 3. The van der Waals surface area contributed by atoms with Gasteiger partial charge in [0, 0.05) is 41.5 Å². The van der Waals surface area contributed by atoms with Gasteiger partial charge in [-0.1, -0.05) is 42.5 Å². The molecule has 0 spiro atoms. The fraction of sp³-hybridized carbons (Fsp3) is 0.138. The molecule has 0 unspecified atom stereocenters. The molecule has 1 N–H and O–H groups in total. The van der Waals surface area contributed by atoms with Crippen molar-refractivity contribution in [2.45, 2.75) is 0 Å². The van der Waals surface area contributed by atoms with Crippen LogP contribution in [0.25, 0.3) is 29.1 Å². The third-order valence-electron chi connectivity index (χ3n) is 5.65. The minimum absolute atomic E-state index is 0.191. The molecule has 0 radical (unpaired) electrons. The zero-order chi connectivity index (χ0) is 24.8. The molecule has 6 nitrogen and oxygen atoms in total. The van der Waals surface area contributed by atoms with Crippen LogP contribution in [0.5, 0.6) is 17.2 Å². The molecule has 0 aliphatic carbocycles. The topological polar surface area (TPSA) is 61.7 Å². The van der Waals surface area contributed by atoms with E-state index in [1.54, 1.807) is 27.4 Å². The van der Waals surface area contributed by atoms with Crippen LogP contribution in [0.4, 0.5) is 5.69 Å². The number of carbonyl (C=O) groups is 1. The molecule has 178 valence electrons. The summed E-state index contributed by atoms with van der Waals surface area (Å²) < 4.78 is 18.3. The number of hydrogen-bond acceptors (Lipinski definition) is 4. The summed E-state index contributed by atoms with van der Waals surface area (Å²) in [5.74, 6) is 1.54. The normalized spacial score (nSPS) is 11.3. The number of aryl methyl sites for hydroxylation is 1. The van der Waals surface area contributed by atoms with Crippen LogP contribution in [0.15, 0.2) is 72.9 Å². The van der Waals surface area contributed by atoms with Crippen LogP contribution in [0.2, 0.25) is 0 Å². The van der Waals surface area contributed by atoms with Crippen LogP contribution in [-0.4, -0.2) is 31.8 Å². The second-order valence-corrected chi connectivity index (χ2v) is 7.95. The number of benzene rings is 3. The van der Waals surface area contributed by atoms with Crippen LogP contribution in [-0.2, 0) is 11.8 Å². The molecule has 35 heavy (non-hydrogen) atoms. The molecule has 0 aliphatic rings. The summed E-state index contributed by atoms with van der Waals surface area (Å²) in [5.41, 5.74) is 4.67. The molecular formula is C29H28N2O4. The molecule has 4 aromatic rings. The monoisotopic (exact) mass is 468 g/mol. The molecular weight excluding hydrogens is 440 g/mol. The number of nitrogens with one attached hydrogen (secondary N) is 1. The van der Waals surface area contributed by atoms with Gasteiger partial charge in [-0.15, -0.1) is 0 Å². The second-order valence-electron chi connectivity index (χ2n) is 7.95. The van der Waals surface area contributed by atoms with E-state index in [2.05, 4.69) is 22.0 Å². The summed E-state index contributed by atoms with van der Waals surface area (Å²) in [6.45, 7) is 0. The maximum Gasteiger partial charge on any atom is 0.248 e. The van der Waals surface area contributed by atoms with Gasteiger partial charge < -0.3 is 24.1 Å². The summed E-state index contributed by atoms with van der Waals surface area (Å²) >= 11 is 0. The highest BCUT2D eigenvalue weighted by Crippen LogP contribution is 2.38. The van der Waals surface area contributed by atoms with Crippen molar-refractivity contribution in [2.24, 2.45) is 7.05 Å². The van der Waals surface area contributed by atoms with Crippen molar-refractivity contribution in [1.29, 1.82) is 0 Å². The number of amides is 1. The Kier molecular flexibility index (Phi) is 7.21. The number of hydrogen-bond donors (Lipinski definition) is 1. The van der Waals surface area contributed by atoms with Crippen molar-refractivity contribution in [3.8, 4) is 17.2 Å². The quantitative estimate of drug-likeness (QED) is 0.253. The Labute approximate surface area is 205 Å². The zero-order valence-electron chi connectivity index (χ0n) is 20.2. The summed E-state index contributed by atoms with van der Waals surface area (Å²) in [7, 11) is 6.75. The lowest BCUT2D eigenvalue weighted by atomic mass is 10.1. The van der Waals surface area contributed by atoms with E-state index in [1.165, 1.54) is 0 Å². The van der Waals surface area contributed by atoms with Crippen molar-refractivity contribution in [2.75, 3.05) is 26.6 Å². The molecule has 0 saturated heterocycles. The van der Waals surface area contributed by atoms with E-state index in [9.17, 15) is 4.79 Å². The first-order valence-electron chi connectivity index (χ1n) is 11.1. The third-order valence-corrected chi connectivity index (χ3v) is 5.65. The number of nitrogens with zero attached hydrogens (tertiary/aromatic N) is 1. The lowest BCUT2D eigenvalue weighted by Crippen LogP contribution is -2.07. The molecule has 0 atom stereocenters. The Hall–Kier alpha value is -4.45. The highest BCUT2D eigenvalue weighted by atomic mass is 16.5. The van der Waals surface area contributed by atoms with E-state index in [0.717, 1.165) is 27.6 Å². The standard InChI is InChI=1S/C29H28N2O4/c1-31-19-22(24-10-5-6-11-25(24)31)14-15-28(32)30-23-9-7-8-20(16-23)12-13-21-17-26(33-2)29(35-4)27(18-21)34-3/h5-19H,1-4H3,(H,30,32)/b13-12+,15-14+. The molecule has 3 aromatic carbocycles. The number of fused-ring (bicyclic) bond motifs is 1. The van der Waals surface area contributed by atoms with E-state index in [1.807, 2.05) is 80.0 Å². The number of para-hydroxylation sites is 1. The lowest BCUT2D eigenvalue weighted by Gasteiger charge is -2.12. The van der Waals surface area contributed by atoms with E-state index in [4.69, 9.17) is 14.2 Å². The largest absolute Gasteiger partial charge is 0.493 e. The number of anilines is 1. The summed E-state index contributed by atoms with van der Waals surface area (Å²) in [5, 5.41) is 4.04. The van der Waals surface area contributed by atoms with Crippen LogP contribution in [0.3, 0.4) is 0 Å². The first kappa shape index (κ1) is 23.7. The summed E-state index contributed by atoms with van der Waals surface area (Å²) in [6, 6.07) is 19.5. The van der Waals surface area contributed by atoms with Crippen molar-refractivity contribution in [3.63, 3.8) is 0 Å². The Bertz CT molecular complexity index is 1390. The fourth-order valence-corrected chi connectivity index (χ4v) is 3.97. The lowest BCUT2D eigenvalue weighted by molar-refractivity contribution is -0.111. The van der Waals surface area contributed by atoms with Crippen LogP contribution >= 0.6 is 0 Å². The van der Waals surface area contributed by atoms with Crippen LogP contribution in [0.1, 0.15) is 16.7 Å². The zero-order valence-corrected chi connectivity index (χ0v) is 20.2. The van der Waals surface area contributed by atoms with Crippen molar-refractivity contribution < 1.29 is 19.0 Å². The number of aromatic nitrogens is 1.